The Balaban J connectivity index is 0.968. The van der Waals surface area contributed by atoms with E-state index in [1.165, 1.54) is 83.7 Å². The van der Waals surface area contributed by atoms with E-state index in [4.69, 9.17) is 4.99 Å². The number of fused-ring (bicyclic) bond motifs is 9. The fraction of sp³-hybridized carbons (Fsp3) is 0.0351. The molecule has 0 unspecified atom stereocenters. The molecule has 2 aliphatic rings. The number of hydrogen-bond acceptors (Lipinski definition) is 2. The van der Waals surface area contributed by atoms with Crippen molar-refractivity contribution in [2.75, 3.05) is 4.90 Å². The van der Waals surface area contributed by atoms with Gasteiger partial charge < -0.3 is 4.90 Å². The van der Waals surface area contributed by atoms with Gasteiger partial charge in [-0.3, -0.25) is 4.99 Å². The SMILES string of the molecule is C(=N\Cc1cccc(-c2cccc(-c3ccc4c(c3)C3(c5ccccc5-4)c4ccccc4N(c4ccccc4)c4ccccc43)c2)c1)/c1cccc(-c2ccccc2)c1. The Morgan fingerprint density at radius 2 is 0.898 bits per heavy atom. The number of rotatable bonds is 7. The lowest BCUT2D eigenvalue weighted by Crippen LogP contribution is -2.36. The highest BCUT2D eigenvalue weighted by Crippen LogP contribution is 2.63. The molecule has 1 heterocycles. The average molecular weight is 753 g/mol. The average Bonchev–Trinajstić information content (AvgIpc) is 3.60. The lowest BCUT2D eigenvalue weighted by Gasteiger charge is -2.45. The molecule has 0 saturated carbocycles. The molecule has 9 aromatic carbocycles. The molecule has 0 N–H and O–H groups in total. The van der Waals surface area contributed by atoms with Crippen molar-refractivity contribution in [2.24, 2.45) is 4.99 Å². The van der Waals surface area contributed by atoms with Gasteiger partial charge in [-0.05, 0) is 126 Å². The minimum absolute atomic E-state index is 0.490. The molecule has 9 aromatic rings. The van der Waals surface area contributed by atoms with Gasteiger partial charge in [0.05, 0.1) is 23.3 Å². The molecule has 0 radical (unpaired) electrons. The highest BCUT2D eigenvalue weighted by Gasteiger charge is 2.51. The summed E-state index contributed by atoms with van der Waals surface area (Å²) in [7, 11) is 0. The van der Waals surface area contributed by atoms with Crippen molar-refractivity contribution >= 4 is 23.3 Å². The molecule has 278 valence electrons. The number of anilines is 3. The largest absolute Gasteiger partial charge is 0.310 e. The van der Waals surface area contributed by atoms with Gasteiger partial charge in [0, 0.05) is 11.9 Å². The molecule has 0 saturated heterocycles. The standard InChI is InChI=1S/C57H40N2/c1-3-18-42(19-4-1)43-20-13-16-40(34-43)38-58-39-41-17-14-21-44(35-41)45-22-15-23-46(36-45)47-32-33-50-49-26-7-8-27-51(49)57(54(50)37-47)52-28-9-11-30-55(52)59(48-24-5-2-6-25-48)56-31-12-10-29-53(56)57/h1-38H,39H2/b58-38+. The second kappa shape index (κ2) is 14.4. The lowest BCUT2D eigenvalue weighted by molar-refractivity contribution is 0.753. The van der Waals surface area contributed by atoms with Crippen LogP contribution in [0.5, 0.6) is 0 Å². The second-order valence-electron chi connectivity index (χ2n) is 15.5. The van der Waals surface area contributed by atoms with Gasteiger partial charge >= 0.3 is 0 Å². The molecular weight excluding hydrogens is 713 g/mol. The molecular formula is C57H40N2. The summed E-state index contributed by atoms with van der Waals surface area (Å²) in [5, 5.41) is 0. The maximum Gasteiger partial charge on any atom is 0.0754 e. The summed E-state index contributed by atoms with van der Waals surface area (Å²) in [5.74, 6) is 0. The molecule has 1 aliphatic carbocycles. The van der Waals surface area contributed by atoms with E-state index in [9.17, 15) is 0 Å². The highest BCUT2D eigenvalue weighted by atomic mass is 15.2. The summed E-state index contributed by atoms with van der Waals surface area (Å²) in [6.07, 6.45) is 1.99. The van der Waals surface area contributed by atoms with Gasteiger partial charge in [-0.25, -0.2) is 0 Å². The molecule has 0 atom stereocenters. The Labute approximate surface area is 346 Å². The first kappa shape index (κ1) is 34.7. The molecule has 1 aliphatic heterocycles. The summed E-state index contributed by atoms with van der Waals surface area (Å²) in [6, 6.07) is 81.8. The van der Waals surface area contributed by atoms with Crippen molar-refractivity contribution in [3.63, 3.8) is 0 Å². The van der Waals surface area contributed by atoms with Crippen molar-refractivity contribution in [3.05, 3.63) is 258 Å². The third kappa shape index (κ3) is 5.84. The zero-order valence-electron chi connectivity index (χ0n) is 32.5. The van der Waals surface area contributed by atoms with Crippen molar-refractivity contribution in [1.82, 2.24) is 0 Å². The van der Waals surface area contributed by atoms with Crippen LogP contribution in [0.15, 0.2) is 229 Å². The third-order valence-corrected chi connectivity index (χ3v) is 12.1. The van der Waals surface area contributed by atoms with Gasteiger partial charge in [0.1, 0.15) is 0 Å². The van der Waals surface area contributed by atoms with Crippen LogP contribution in [0.1, 0.15) is 33.4 Å². The summed E-state index contributed by atoms with van der Waals surface area (Å²) in [5.41, 5.74) is 20.4. The van der Waals surface area contributed by atoms with E-state index in [1.54, 1.807) is 0 Å². The van der Waals surface area contributed by atoms with Gasteiger partial charge in [0.2, 0.25) is 0 Å². The molecule has 0 fully saturated rings. The maximum atomic E-state index is 4.86. The Bertz CT molecular complexity index is 2990. The lowest BCUT2D eigenvalue weighted by atomic mass is 9.64. The number of benzene rings is 9. The van der Waals surface area contributed by atoms with Crippen molar-refractivity contribution < 1.29 is 0 Å². The second-order valence-corrected chi connectivity index (χ2v) is 15.5. The van der Waals surface area contributed by atoms with Crippen LogP contribution in [0.25, 0.3) is 44.5 Å². The summed E-state index contributed by atoms with van der Waals surface area (Å²) < 4.78 is 0. The normalized spacial score (nSPS) is 13.2. The van der Waals surface area contributed by atoms with Crippen molar-refractivity contribution in [2.45, 2.75) is 12.0 Å². The van der Waals surface area contributed by atoms with Gasteiger partial charge in [-0.15, -0.1) is 0 Å². The summed E-state index contributed by atoms with van der Waals surface area (Å²) in [6.45, 7) is 0.612. The molecule has 11 rings (SSSR count). The van der Waals surface area contributed by atoms with Gasteiger partial charge in [-0.1, -0.05) is 176 Å². The predicted octanol–water partition coefficient (Wildman–Crippen LogP) is 14.5. The topological polar surface area (TPSA) is 15.6 Å². The quantitative estimate of drug-likeness (QED) is 0.148. The van der Waals surface area contributed by atoms with E-state index in [2.05, 4.69) is 229 Å². The Morgan fingerprint density at radius 3 is 1.63 bits per heavy atom. The molecule has 0 aromatic heterocycles. The number of para-hydroxylation sites is 3. The fourth-order valence-corrected chi connectivity index (χ4v) is 9.55. The Kier molecular flexibility index (Phi) is 8.48. The van der Waals surface area contributed by atoms with Crippen LogP contribution < -0.4 is 4.90 Å². The first-order valence-corrected chi connectivity index (χ1v) is 20.4. The van der Waals surface area contributed by atoms with Crippen LogP contribution in [0.2, 0.25) is 0 Å². The Morgan fingerprint density at radius 1 is 0.373 bits per heavy atom. The van der Waals surface area contributed by atoms with E-state index >= 15 is 0 Å². The van der Waals surface area contributed by atoms with Crippen LogP contribution in [-0.4, -0.2) is 6.21 Å². The summed E-state index contributed by atoms with van der Waals surface area (Å²) in [4.78, 5) is 7.30. The Hall–Kier alpha value is -7.55. The molecule has 2 heteroatoms. The molecule has 0 amide bonds. The van der Waals surface area contributed by atoms with E-state index in [-0.39, 0.29) is 0 Å². The fourth-order valence-electron chi connectivity index (χ4n) is 9.55. The van der Waals surface area contributed by atoms with Crippen LogP contribution in [0.4, 0.5) is 17.1 Å². The van der Waals surface area contributed by atoms with Crippen LogP contribution in [-0.2, 0) is 12.0 Å². The maximum absolute atomic E-state index is 4.86. The van der Waals surface area contributed by atoms with E-state index in [1.807, 2.05) is 6.21 Å². The first-order valence-electron chi connectivity index (χ1n) is 20.4. The van der Waals surface area contributed by atoms with E-state index in [0.29, 0.717) is 6.54 Å². The molecule has 0 bridgehead atoms. The molecule has 1 spiro atoms. The third-order valence-electron chi connectivity index (χ3n) is 12.1. The zero-order valence-corrected chi connectivity index (χ0v) is 32.5. The minimum Gasteiger partial charge on any atom is -0.310 e. The first-order chi connectivity index (χ1) is 29.3. The highest BCUT2D eigenvalue weighted by molar-refractivity contribution is 5.96. The van der Waals surface area contributed by atoms with Gasteiger partial charge in [-0.2, -0.15) is 0 Å². The number of hydrogen-bond donors (Lipinski definition) is 0. The van der Waals surface area contributed by atoms with E-state index < -0.39 is 5.41 Å². The van der Waals surface area contributed by atoms with Crippen molar-refractivity contribution in [1.29, 1.82) is 0 Å². The molecule has 2 nitrogen and oxygen atoms in total. The van der Waals surface area contributed by atoms with Crippen LogP contribution in [0, 0.1) is 0 Å². The monoisotopic (exact) mass is 752 g/mol. The minimum atomic E-state index is -0.490. The van der Waals surface area contributed by atoms with Gasteiger partial charge in [0.25, 0.3) is 0 Å². The van der Waals surface area contributed by atoms with Crippen LogP contribution >= 0.6 is 0 Å². The summed E-state index contributed by atoms with van der Waals surface area (Å²) >= 11 is 0. The number of aliphatic imine (C=N–C) groups is 1. The predicted molar refractivity (Wildman–Crippen MR) is 246 cm³/mol. The van der Waals surface area contributed by atoms with Crippen molar-refractivity contribution in [3.8, 4) is 44.5 Å². The van der Waals surface area contributed by atoms with E-state index in [0.717, 1.165) is 11.3 Å². The smallest absolute Gasteiger partial charge is 0.0754 e. The molecule has 59 heavy (non-hydrogen) atoms. The van der Waals surface area contributed by atoms with Gasteiger partial charge in [0.15, 0.2) is 0 Å². The number of nitrogens with zero attached hydrogens (tertiary/aromatic N) is 2. The zero-order chi connectivity index (χ0) is 39.2. The van der Waals surface area contributed by atoms with Crippen LogP contribution in [0.3, 0.4) is 0 Å².